The summed E-state index contributed by atoms with van der Waals surface area (Å²) < 4.78 is 1.85. The summed E-state index contributed by atoms with van der Waals surface area (Å²) in [5, 5.41) is 11.4. The Morgan fingerprint density at radius 3 is 2.28 bits per heavy atom. The smallest absolute Gasteiger partial charge is 0.356 e. The molecule has 0 bridgehead atoms. The summed E-state index contributed by atoms with van der Waals surface area (Å²) in [6, 6.07) is 12.3. The molecule has 1 saturated heterocycles. The van der Waals surface area contributed by atoms with Crippen LogP contribution in [0.15, 0.2) is 42.5 Å². The quantitative estimate of drug-likeness (QED) is 0.534. The van der Waals surface area contributed by atoms with Gasteiger partial charge in [0, 0.05) is 27.8 Å². The van der Waals surface area contributed by atoms with Crippen molar-refractivity contribution in [3.8, 4) is 17.1 Å². The highest BCUT2D eigenvalue weighted by atomic mass is 35.5. The first-order valence-electron chi connectivity index (χ1n) is 9.22. The second-order valence-corrected chi connectivity index (χ2v) is 8.24. The Morgan fingerprint density at radius 1 is 1.00 bits per heavy atom. The number of carboxylic acids is 1. The van der Waals surface area contributed by atoms with Crippen LogP contribution in [0.3, 0.4) is 0 Å². The molecule has 150 valence electrons. The van der Waals surface area contributed by atoms with E-state index in [1.54, 1.807) is 30.3 Å². The van der Waals surface area contributed by atoms with E-state index in [4.69, 9.17) is 34.8 Å². The van der Waals surface area contributed by atoms with E-state index in [1.807, 2.05) is 16.7 Å². The van der Waals surface area contributed by atoms with Gasteiger partial charge in [-0.1, -0.05) is 34.8 Å². The van der Waals surface area contributed by atoms with E-state index in [9.17, 15) is 9.90 Å². The lowest BCUT2D eigenvalue weighted by molar-refractivity contribution is 0.0688. The van der Waals surface area contributed by atoms with Gasteiger partial charge in [0.25, 0.3) is 0 Å². The molecule has 2 heterocycles. The highest BCUT2D eigenvalue weighted by molar-refractivity contribution is 6.36. The number of hydrogen-bond acceptors (Lipinski definition) is 3. The van der Waals surface area contributed by atoms with Gasteiger partial charge in [-0.3, -0.25) is 9.47 Å². The van der Waals surface area contributed by atoms with E-state index in [1.165, 1.54) is 0 Å². The molecule has 1 aliphatic rings. The highest BCUT2D eigenvalue weighted by Crippen LogP contribution is 2.34. The topological polar surface area (TPSA) is 58.4 Å². The van der Waals surface area contributed by atoms with Gasteiger partial charge < -0.3 is 5.11 Å². The van der Waals surface area contributed by atoms with Gasteiger partial charge >= 0.3 is 5.97 Å². The van der Waals surface area contributed by atoms with E-state index >= 15 is 0 Å². The molecule has 5 nitrogen and oxygen atoms in total. The molecule has 0 radical (unpaired) electrons. The lowest BCUT2D eigenvalue weighted by Crippen LogP contribution is -2.22. The van der Waals surface area contributed by atoms with Crippen LogP contribution in [0.2, 0.25) is 15.1 Å². The maximum atomic E-state index is 12.0. The van der Waals surface area contributed by atoms with Crippen molar-refractivity contribution in [3.05, 3.63) is 68.9 Å². The van der Waals surface area contributed by atoms with Crippen LogP contribution >= 0.6 is 34.8 Å². The molecular formula is C21H18Cl3N3O2. The first kappa shape index (κ1) is 20.2. The van der Waals surface area contributed by atoms with Crippen molar-refractivity contribution >= 4 is 40.8 Å². The third kappa shape index (κ3) is 4.14. The molecule has 0 atom stereocenters. The van der Waals surface area contributed by atoms with E-state index in [2.05, 4.69) is 9.88 Å². The first-order valence-corrected chi connectivity index (χ1v) is 10.4. The monoisotopic (exact) mass is 449 g/mol. The molecule has 0 saturated carbocycles. The number of likely N-dealkylation sites (tertiary alicyclic amines) is 1. The molecule has 1 N–H and O–H groups in total. The van der Waals surface area contributed by atoms with E-state index in [0.29, 0.717) is 38.7 Å². The zero-order valence-electron chi connectivity index (χ0n) is 15.4. The molecule has 29 heavy (non-hydrogen) atoms. The molecule has 0 amide bonds. The van der Waals surface area contributed by atoms with Crippen molar-refractivity contribution in [2.75, 3.05) is 13.1 Å². The Labute approximate surface area is 183 Å². The third-order valence-electron chi connectivity index (χ3n) is 5.00. The van der Waals surface area contributed by atoms with Gasteiger partial charge in [-0.05, 0) is 68.4 Å². The van der Waals surface area contributed by atoms with Gasteiger partial charge in [-0.25, -0.2) is 9.78 Å². The fourth-order valence-corrected chi connectivity index (χ4v) is 4.26. The number of carbonyl (C=O) groups is 1. The van der Waals surface area contributed by atoms with Gasteiger partial charge in [0.1, 0.15) is 5.82 Å². The summed E-state index contributed by atoms with van der Waals surface area (Å²) in [5.74, 6) is -0.612. The molecule has 1 aromatic heterocycles. The molecule has 1 fully saturated rings. The summed E-state index contributed by atoms with van der Waals surface area (Å²) in [6.07, 6.45) is 2.21. The van der Waals surface area contributed by atoms with Gasteiger partial charge in [0.15, 0.2) is 5.69 Å². The number of benzene rings is 2. The van der Waals surface area contributed by atoms with Crippen LogP contribution in [0.5, 0.6) is 0 Å². The first-order chi connectivity index (χ1) is 13.9. The Balaban J connectivity index is 1.96. The van der Waals surface area contributed by atoms with Crippen molar-refractivity contribution in [3.63, 3.8) is 0 Å². The van der Waals surface area contributed by atoms with E-state index in [0.717, 1.165) is 31.6 Å². The molecule has 1 aliphatic heterocycles. The van der Waals surface area contributed by atoms with Crippen LogP contribution in [0.4, 0.5) is 0 Å². The van der Waals surface area contributed by atoms with Gasteiger partial charge in [0.05, 0.1) is 10.7 Å². The second-order valence-electron chi connectivity index (χ2n) is 6.96. The number of imidazole rings is 1. The number of halogens is 3. The lowest BCUT2D eigenvalue weighted by Gasteiger charge is -2.18. The Morgan fingerprint density at radius 2 is 1.66 bits per heavy atom. The largest absolute Gasteiger partial charge is 0.476 e. The number of aromatic nitrogens is 2. The minimum atomic E-state index is -1.07. The van der Waals surface area contributed by atoms with Crippen LogP contribution in [-0.4, -0.2) is 38.6 Å². The average molecular weight is 451 g/mol. The lowest BCUT2D eigenvalue weighted by atomic mass is 10.2. The Kier molecular flexibility index (Phi) is 5.83. The molecular weight excluding hydrogens is 433 g/mol. The predicted octanol–water partition coefficient (Wildman–Crippen LogP) is 5.79. The van der Waals surface area contributed by atoms with Crippen LogP contribution < -0.4 is 0 Å². The number of nitrogens with zero attached hydrogens (tertiary/aromatic N) is 3. The minimum Gasteiger partial charge on any atom is -0.476 e. The maximum absolute atomic E-state index is 12.0. The standard InChI is InChI=1S/C21H18Cl3N3O2/c22-13-3-6-15(7-4-13)27-18(12-26-9-1-2-10-26)19(21(28)29)25-20(27)16-8-5-14(23)11-17(16)24/h3-8,11H,1-2,9-10,12H2,(H,28,29). The fraction of sp³-hybridized carbons (Fsp3) is 0.238. The summed E-state index contributed by atoms with van der Waals surface area (Å²) >= 11 is 18.6. The molecule has 3 aromatic rings. The predicted molar refractivity (Wildman–Crippen MR) is 116 cm³/mol. The van der Waals surface area contributed by atoms with Crippen LogP contribution in [0.25, 0.3) is 17.1 Å². The van der Waals surface area contributed by atoms with Gasteiger partial charge in [0.2, 0.25) is 0 Å². The molecule has 0 spiro atoms. The van der Waals surface area contributed by atoms with Crippen molar-refractivity contribution in [2.24, 2.45) is 0 Å². The van der Waals surface area contributed by atoms with Crippen LogP contribution in [0, 0.1) is 0 Å². The minimum absolute atomic E-state index is 0.0212. The van der Waals surface area contributed by atoms with Crippen molar-refractivity contribution in [1.82, 2.24) is 14.5 Å². The maximum Gasteiger partial charge on any atom is 0.356 e. The molecule has 2 aromatic carbocycles. The van der Waals surface area contributed by atoms with Gasteiger partial charge in [-0.2, -0.15) is 0 Å². The zero-order valence-corrected chi connectivity index (χ0v) is 17.7. The number of rotatable bonds is 5. The number of carboxylic acid groups (broad SMARTS) is 1. The summed E-state index contributed by atoms with van der Waals surface area (Å²) in [4.78, 5) is 18.8. The Hall–Kier alpha value is -2.05. The average Bonchev–Trinajstić information content (AvgIpc) is 3.31. The highest BCUT2D eigenvalue weighted by Gasteiger charge is 2.27. The third-order valence-corrected chi connectivity index (χ3v) is 5.80. The van der Waals surface area contributed by atoms with E-state index in [-0.39, 0.29) is 5.69 Å². The molecule has 0 aliphatic carbocycles. The van der Waals surface area contributed by atoms with Gasteiger partial charge in [-0.15, -0.1) is 0 Å². The summed E-state index contributed by atoms with van der Waals surface area (Å²) in [6.45, 7) is 2.35. The summed E-state index contributed by atoms with van der Waals surface area (Å²) in [5.41, 5.74) is 2.02. The molecule has 8 heteroatoms. The Bertz CT molecular complexity index is 1060. The fourth-order valence-electron chi connectivity index (χ4n) is 3.64. The number of aromatic carboxylic acids is 1. The normalized spacial score (nSPS) is 14.4. The van der Waals surface area contributed by atoms with Crippen molar-refractivity contribution in [1.29, 1.82) is 0 Å². The van der Waals surface area contributed by atoms with Crippen LogP contribution in [0.1, 0.15) is 29.0 Å². The van der Waals surface area contributed by atoms with Crippen molar-refractivity contribution in [2.45, 2.75) is 19.4 Å². The zero-order chi connectivity index (χ0) is 20.5. The SMILES string of the molecule is O=C(O)c1nc(-c2ccc(Cl)cc2Cl)n(-c2ccc(Cl)cc2)c1CN1CCCC1. The second kappa shape index (κ2) is 8.36. The van der Waals surface area contributed by atoms with E-state index < -0.39 is 5.97 Å². The molecule has 0 unspecified atom stereocenters. The summed E-state index contributed by atoms with van der Waals surface area (Å²) in [7, 11) is 0. The number of hydrogen-bond donors (Lipinski definition) is 1. The molecule has 4 rings (SSSR count). The van der Waals surface area contributed by atoms with Crippen molar-refractivity contribution < 1.29 is 9.90 Å². The van der Waals surface area contributed by atoms with Crippen LogP contribution in [-0.2, 0) is 6.54 Å².